The summed E-state index contributed by atoms with van der Waals surface area (Å²) < 4.78 is 2.20. The Kier molecular flexibility index (Phi) is 5.09. The molecule has 0 saturated carbocycles. The normalized spacial score (nSPS) is 10.7. The average molecular weight is 390 g/mol. The van der Waals surface area contributed by atoms with E-state index in [4.69, 9.17) is 23.0 Å². The SMILES string of the molecule is [C-]#[N+]c1ccc(C#C)cc1-c1ccc(Cn2c(CC)nc3c(C)cc(C)nc32)cc1. The molecule has 0 bridgehead atoms. The lowest BCUT2D eigenvalue weighted by molar-refractivity contribution is 0.745. The van der Waals surface area contributed by atoms with Gasteiger partial charge in [0.05, 0.1) is 13.1 Å². The first kappa shape index (κ1) is 19.4. The average Bonchev–Trinajstić information content (AvgIpc) is 3.11. The zero-order chi connectivity index (χ0) is 21.3. The maximum atomic E-state index is 7.45. The summed E-state index contributed by atoms with van der Waals surface area (Å²) >= 11 is 0. The third-order valence-corrected chi connectivity index (χ3v) is 5.31. The van der Waals surface area contributed by atoms with Crippen LogP contribution in [0, 0.1) is 32.8 Å². The molecule has 30 heavy (non-hydrogen) atoms. The van der Waals surface area contributed by atoms with E-state index in [1.54, 1.807) is 12.1 Å². The first-order valence-corrected chi connectivity index (χ1v) is 9.94. The highest BCUT2D eigenvalue weighted by atomic mass is 15.1. The summed E-state index contributed by atoms with van der Waals surface area (Å²) in [5.41, 5.74) is 8.45. The number of nitrogens with zero attached hydrogens (tertiary/aromatic N) is 4. The van der Waals surface area contributed by atoms with Gasteiger partial charge in [-0.3, -0.25) is 0 Å². The second-order valence-corrected chi connectivity index (χ2v) is 7.41. The van der Waals surface area contributed by atoms with Gasteiger partial charge in [-0.25, -0.2) is 14.8 Å². The van der Waals surface area contributed by atoms with Gasteiger partial charge < -0.3 is 4.57 Å². The van der Waals surface area contributed by atoms with Crippen molar-refractivity contribution in [2.75, 3.05) is 0 Å². The van der Waals surface area contributed by atoms with Crippen molar-refractivity contribution >= 4 is 16.9 Å². The number of rotatable bonds is 4. The molecule has 4 heteroatoms. The van der Waals surface area contributed by atoms with Crippen LogP contribution >= 0.6 is 0 Å². The molecule has 0 amide bonds. The molecule has 4 rings (SSSR count). The Bertz CT molecular complexity index is 1330. The topological polar surface area (TPSA) is 35.1 Å². The number of hydrogen-bond donors (Lipinski definition) is 0. The molecule has 0 aliphatic rings. The van der Waals surface area contributed by atoms with E-state index in [1.807, 2.05) is 25.1 Å². The molecular formula is C26H22N4. The fourth-order valence-electron chi connectivity index (χ4n) is 3.81. The Morgan fingerprint density at radius 1 is 1.07 bits per heavy atom. The van der Waals surface area contributed by atoms with Gasteiger partial charge >= 0.3 is 0 Å². The fraction of sp³-hybridized carbons (Fsp3) is 0.192. The lowest BCUT2D eigenvalue weighted by Gasteiger charge is -2.10. The molecular weight excluding hydrogens is 368 g/mol. The van der Waals surface area contributed by atoms with Crippen molar-refractivity contribution in [2.45, 2.75) is 33.7 Å². The molecule has 146 valence electrons. The Morgan fingerprint density at radius 3 is 2.50 bits per heavy atom. The van der Waals surface area contributed by atoms with E-state index < -0.39 is 0 Å². The summed E-state index contributed by atoms with van der Waals surface area (Å²) in [4.78, 5) is 13.2. The van der Waals surface area contributed by atoms with Crippen molar-refractivity contribution in [2.24, 2.45) is 0 Å². The van der Waals surface area contributed by atoms with Crippen LogP contribution in [0.15, 0.2) is 48.5 Å². The highest BCUT2D eigenvalue weighted by molar-refractivity contribution is 5.80. The zero-order valence-electron chi connectivity index (χ0n) is 17.4. The van der Waals surface area contributed by atoms with E-state index in [1.165, 1.54) is 0 Å². The molecule has 0 saturated heterocycles. The van der Waals surface area contributed by atoms with Crippen LogP contribution in [-0.4, -0.2) is 14.5 Å². The first-order chi connectivity index (χ1) is 14.5. The van der Waals surface area contributed by atoms with E-state index in [-0.39, 0.29) is 0 Å². The minimum Gasteiger partial charge on any atom is -0.308 e. The standard InChI is InChI=1S/C26H22N4/c1-6-19-10-13-23(27-5)22(15-19)21-11-8-20(9-12-21)16-30-24(7-2)29-25-17(3)14-18(4)28-26(25)30/h1,8-15H,7,16H2,2-4H3. The molecule has 0 radical (unpaired) electrons. The number of imidazole rings is 1. The molecule has 0 fully saturated rings. The van der Waals surface area contributed by atoms with Crippen molar-refractivity contribution in [3.63, 3.8) is 0 Å². The summed E-state index contributed by atoms with van der Waals surface area (Å²) in [6.07, 6.45) is 6.39. The molecule has 4 aromatic rings. The van der Waals surface area contributed by atoms with Crippen molar-refractivity contribution in [1.82, 2.24) is 14.5 Å². The molecule has 0 N–H and O–H groups in total. The lowest BCUT2D eigenvalue weighted by atomic mass is 10.00. The summed E-state index contributed by atoms with van der Waals surface area (Å²) in [6, 6.07) is 15.9. The maximum absolute atomic E-state index is 7.45. The summed E-state index contributed by atoms with van der Waals surface area (Å²) in [7, 11) is 0. The van der Waals surface area contributed by atoms with Crippen LogP contribution in [0.1, 0.15) is 35.1 Å². The van der Waals surface area contributed by atoms with Gasteiger partial charge in [0.2, 0.25) is 0 Å². The highest BCUT2D eigenvalue weighted by Crippen LogP contribution is 2.32. The zero-order valence-corrected chi connectivity index (χ0v) is 17.4. The third kappa shape index (κ3) is 3.45. The molecule has 2 heterocycles. The third-order valence-electron chi connectivity index (χ3n) is 5.31. The first-order valence-electron chi connectivity index (χ1n) is 9.94. The maximum Gasteiger partial charge on any atom is 0.194 e. The van der Waals surface area contributed by atoms with E-state index >= 15 is 0 Å². The van der Waals surface area contributed by atoms with E-state index in [0.717, 1.165) is 56.9 Å². The van der Waals surface area contributed by atoms with Crippen LogP contribution in [0.3, 0.4) is 0 Å². The smallest absolute Gasteiger partial charge is 0.194 e. The van der Waals surface area contributed by atoms with Crippen LogP contribution in [0.5, 0.6) is 0 Å². The fourth-order valence-corrected chi connectivity index (χ4v) is 3.81. The Labute approximate surface area is 177 Å². The Hall–Kier alpha value is -3.89. The second-order valence-electron chi connectivity index (χ2n) is 7.41. The number of pyridine rings is 1. The van der Waals surface area contributed by atoms with Crippen molar-refractivity contribution in [1.29, 1.82) is 0 Å². The van der Waals surface area contributed by atoms with Crippen molar-refractivity contribution in [3.8, 4) is 23.5 Å². The number of aromatic nitrogens is 3. The second kappa shape index (κ2) is 7.85. The summed E-state index contributed by atoms with van der Waals surface area (Å²) in [5, 5.41) is 0. The number of benzene rings is 2. The Morgan fingerprint density at radius 2 is 1.83 bits per heavy atom. The van der Waals surface area contributed by atoms with Gasteiger partial charge in [0.15, 0.2) is 11.3 Å². The van der Waals surface area contributed by atoms with Crippen LogP contribution < -0.4 is 0 Å². The largest absolute Gasteiger partial charge is 0.308 e. The summed E-state index contributed by atoms with van der Waals surface area (Å²) in [6.45, 7) is 14.4. The minimum atomic E-state index is 0.603. The monoisotopic (exact) mass is 390 g/mol. The van der Waals surface area contributed by atoms with Gasteiger partial charge in [0, 0.05) is 17.7 Å². The minimum absolute atomic E-state index is 0.603. The van der Waals surface area contributed by atoms with Gasteiger partial charge in [0.25, 0.3) is 0 Å². The molecule has 0 aliphatic heterocycles. The highest BCUT2D eigenvalue weighted by Gasteiger charge is 2.14. The van der Waals surface area contributed by atoms with Gasteiger partial charge in [0.1, 0.15) is 11.3 Å². The quantitative estimate of drug-likeness (QED) is 0.323. The number of hydrogen-bond acceptors (Lipinski definition) is 2. The van der Waals surface area contributed by atoms with Crippen LogP contribution in [0.25, 0.3) is 27.1 Å². The molecule has 2 aromatic heterocycles. The van der Waals surface area contributed by atoms with E-state index in [0.29, 0.717) is 12.2 Å². The van der Waals surface area contributed by atoms with Gasteiger partial charge in [-0.15, -0.1) is 6.42 Å². The van der Waals surface area contributed by atoms with E-state index in [2.05, 4.69) is 47.4 Å². The molecule has 0 atom stereocenters. The van der Waals surface area contributed by atoms with Gasteiger partial charge in [-0.05, 0) is 48.2 Å². The van der Waals surface area contributed by atoms with Gasteiger partial charge in [-0.1, -0.05) is 49.2 Å². The van der Waals surface area contributed by atoms with Gasteiger partial charge in [-0.2, -0.15) is 0 Å². The molecule has 2 aromatic carbocycles. The molecule has 0 unspecified atom stereocenters. The molecule has 4 nitrogen and oxygen atoms in total. The van der Waals surface area contributed by atoms with E-state index in [9.17, 15) is 0 Å². The predicted octanol–water partition coefficient (Wildman–Crippen LogP) is 5.86. The molecule has 0 aliphatic carbocycles. The lowest BCUT2D eigenvalue weighted by Crippen LogP contribution is -2.05. The molecule has 0 spiro atoms. The van der Waals surface area contributed by atoms with Crippen LogP contribution in [-0.2, 0) is 13.0 Å². The van der Waals surface area contributed by atoms with Crippen molar-refractivity contribution in [3.05, 3.63) is 88.2 Å². The van der Waals surface area contributed by atoms with Crippen LogP contribution in [0.2, 0.25) is 0 Å². The Balaban J connectivity index is 1.72. The van der Waals surface area contributed by atoms with Crippen LogP contribution in [0.4, 0.5) is 5.69 Å². The summed E-state index contributed by atoms with van der Waals surface area (Å²) in [5.74, 6) is 3.68. The number of terminal acetylenes is 1. The number of aryl methyl sites for hydroxylation is 3. The predicted molar refractivity (Wildman–Crippen MR) is 122 cm³/mol. The number of fused-ring (bicyclic) bond motifs is 1. The van der Waals surface area contributed by atoms with Crippen molar-refractivity contribution < 1.29 is 0 Å².